The average Bonchev–Trinajstić information content (AvgIpc) is 3.14. The predicted molar refractivity (Wildman–Crippen MR) is 135 cm³/mol. The Morgan fingerprint density at radius 1 is 0.972 bits per heavy atom. The van der Waals surface area contributed by atoms with Crippen LogP contribution in [0.4, 0.5) is 13.2 Å². The van der Waals surface area contributed by atoms with Gasteiger partial charge in [0.2, 0.25) is 10.0 Å². The molecule has 0 saturated carbocycles. The van der Waals surface area contributed by atoms with E-state index in [0.29, 0.717) is 23.1 Å². The van der Waals surface area contributed by atoms with Gasteiger partial charge < -0.3 is 4.57 Å². The summed E-state index contributed by atoms with van der Waals surface area (Å²) in [6, 6.07) is 14.7. The number of nitrogens with zero attached hydrogens (tertiary/aromatic N) is 2. The van der Waals surface area contributed by atoms with E-state index in [1.165, 1.54) is 6.07 Å². The summed E-state index contributed by atoms with van der Waals surface area (Å²) < 4.78 is 71.5. The Hall–Kier alpha value is -3.07. The van der Waals surface area contributed by atoms with Crippen molar-refractivity contribution < 1.29 is 21.6 Å². The van der Waals surface area contributed by atoms with Crippen LogP contribution in [0, 0.1) is 24.4 Å². The Morgan fingerprint density at radius 2 is 1.75 bits per heavy atom. The molecule has 1 aliphatic heterocycles. The SMILES string of the molecule is Cc1c(C2=CCN(S(=O)(=O)c3cc(F)ccc3F)CC2)c2ccccc2n1Cc1c(F)cccc1Cl. The zero-order valence-corrected chi connectivity index (χ0v) is 20.9. The fraction of sp³-hybridized carbons (Fsp3) is 0.185. The number of halogens is 4. The number of fused-ring (bicyclic) bond motifs is 1. The van der Waals surface area contributed by atoms with Gasteiger partial charge in [-0.3, -0.25) is 0 Å². The lowest BCUT2D eigenvalue weighted by Crippen LogP contribution is -2.35. The first-order valence-electron chi connectivity index (χ1n) is 11.3. The summed E-state index contributed by atoms with van der Waals surface area (Å²) in [5.41, 5.74) is 4.08. The Balaban J connectivity index is 1.52. The van der Waals surface area contributed by atoms with Crippen LogP contribution in [0.15, 0.2) is 71.6 Å². The van der Waals surface area contributed by atoms with Crippen LogP contribution < -0.4 is 0 Å². The smallest absolute Gasteiger partial charge is 0.246 e. The van der Waals surface area contributed by atoms with Gasteiger partial charge in [0, 0.05) is 45.8 Å². The quantitative estimate of drug-likeness (QED) is 0.294. The highest BCUT2D eigenvalue weighted by Gasteiger charge is 2.30. The maximum Gasteiger partial charge on any atom is 0.246 e. The summed E-state index contributed by atoms with van der Waals surface area (Å²) in [6.07, 6.45) is 2.18. The summed E-state index contributed by atoms with van der Waals surface area (Å²) in [6.45, 7) is 2.31. The molecular weight excluding hydrogens is 509 g/mol. The lowest BCUT2D eigenvalue weighted by Gasteiger charge is -2.26. The van der Waals surface area contributed by atoms with Crippen molar-refractivity contribution in [3.05, 3.63) is 106 Å². The minimum absolute atomic E-state index is 0.0196. The monoisotopic (exact) mass is 530 g/mol. The van der Waals surface area contributed by atoms with Gasteiger partial charge in [-0.25, -0.2) is 21.6 Å². The van der Waals surface area contributed by atoms with Crippen LogP contribution in [-0.4, -0.2) is 30.4 Å². The number of sulfonamides is 1. The highest BCUT2D eigenvalue weighted by molar-refractivity contribution is 7.89. The van der Waals surface area contributed by atoms with Gasteiger partial charge in [-0.1, -0.05) is 41.9 Å². The molecule has 0 N–H and O–H groups in total. The van der Waals surface area contributed by atoms with Crippen molar-refractivity contribution in [3.8, 4) is 0 Å². The molecule has 0 spiro atoms. The second-order valence-electron chi connectivity index (χ2n) is 8.68. The summed E-state index contributed by atoms with van der Waals surface area (Å²) in [5, 5.41) is 1.30. The Labute approximate surface area is 212 Å². The van der Waals surface area contributed by atoms with E-state index in [1.54, 1.807) is 18.2 Å². The second kappa shape index (κ2) is 9.42. The Morgan fingerprint density at radius 3 is 2.47 bits per heavy atom. The number of hydrogen-bond donors (Lipinski definition) is 0. The molecule has 5 rings (SSSR count). The first kappa shape index (κ1) is 24.6. The molecule has 1 aliphatic rings. The van der Waals surface area contributed by atoms with Crippen molar-refractivity contribution >= 4 is 38.1 Å². The van der Waals surface area contributed by atoms with Gasteiger partial charge in [-0.15, -0.1) is 0 Å². The highest BCUT2D eigenvalue weighted by Crippen LogP contribution is 2.36. The molecule has 0 aliphatic carbocycles. The predicted octanol–water partition coefficient (Wildman–Crippen LogP) is 6.55. The third-order valence-electron chi connectivity index (χ3n) is 6.61. The maximum absolute atomic E-state index is 14.6. The van der Waals surface area contributed by atoms with Crippen LogP contribution in [-0.2, 0) is 16.6 Å². The van der Waals surface area contributed by atoms with Gasteiger partial charge in [0.25, 0.3) is 0 Å². The Kier molecular flexibility index (Phi) is 6.44. The van der Waals surface area contributed by atoms with Crippen molar-refractivity contribution in [2.75, 3.05) is 13.1 Å². The highest BCUT2D eigenvalue weighted by atomic mass is 35.5. The molecule has 186 valence electrons. The molecule has 0 radical (unpaired) electrons. The van der Waals surface area contributed by atoms with E-state index in [9.17, 15) is 21.6 Å². The van der Waals surface area contributed by atoms with Crippen molar-refractivity contribution in [2.45, 2.75) is 24.8 Å². The summed E-state index contributed by atoms with van der Waals surface area (Å²) >= 11 is 6.29. The minimum atomic E-state index is -4.21. The van der Waals surface area contributed by atoms with E-state index in [4.69, 9.17) is 11.6 Å². The van der Waals surface area contributed by atoms with Gasteiger partial charge in [-0.05, 0) is 55.3 Å². The largest absolute Gasteiger partial charge is 0.340 e. The molecule has 0 amide bonds. The van der Waals surface area contributed by atoms with E-state index >= 15 is 0 Å². The third kappa shape index (κ3) is 4.23. The molecule has 9 heteroatoms. The molecule has 0 atom stereocenters. The number of benzene rings is 3. The van der Waals surface area contributed by atoms with Crippen LogP contribution in [0.25, 0.3) is 16.5 Å². The van der Waals surface area contributed by atoms with Crippen molar-refractivity contribution in [2.24, 2.45) is 0 Å². The molecule has 4 aromatic rings. The molecule has 4 nitrogen and oxygen atoms in total. The fourth-order valence-electron chi connectivity index (χ4n) is 4.79. The molecule has 0 fully saturated rings. The van der Waals surface area contributed by atoms with Crippen molar-refractivity contribution in [1.29, 1.82) is 0 Å². The van der Waals surface area contributed by atoms with Crippen LogP contribution in [0.3, 0.4) is 0 Å². The minimum Gasteiger partial charge on any atom is -0.340 e. The van der Waals surface area contributed by atoms with Gasteiger partial charge >= 0.3 is 0 Å². The van der Waals surface area contributed by atoms with Crippen molar-refractivity contribution in [3.63, 3.8) is 0 Å². The molecule has 2 heterocycles. The van der Waals surface area contributed by atoms with Crippen LogP contribution in [0.2, 0.25) is 5.02 Å². The van der Waals surface area contributed by atoms with Crippen LogP contribution >= 0.6 is 11.6 Å². The molecule has 3 aromatic carbocycles. The number of para-hydroxylation sites is 1. The Bertz CT molecular complexity index is 1610. The molecule has 1 aromatic heterocycles. The number of aromatic nitrogens is 1. The summed E-state index contributed by atoms with van der Waals surface area (Å²) in [5.74, 6) is -2.19. The summed E-state index contributed by atoms with van der Waals surface area (Å²) in [7, 11) is -4.21. The normalized spacial score (nSPS) is 14.9. The molecule has 0 bridgehead atoms. The molecule has 0 unspecified atom stereocenters. The van der Waals surface area contributed by atoms with E-state index in [-0.39, 0.29) is 25.5 Å². The lowest BCUT2D eigenvalue weighted by atomic mass is 9.97. The zero-order chi connectivity index (χ0) is 25.6. The van der Waals surface area contributed by atoms with Gasteiger partial charge in [0.1, 0.15) is 22.3 Å². The van der Waals surface area contributed by atoms with Gasteiger partial charge in [0.15, 0.2) is 0 Å². The van der Waals surface area contributed by atoms with E-state index in [0.717, 1.165) is 44.2 Å². The average molecular weight is 531 g/mol. The standard InChI is InChI=1S/C27H22ClF3N2O2S/c1-17-27(18-11-13-32(14-12-18)36(34,35)26-15-19(29)9-10-24(26)31)20-5-2-3-8-25(20)33(17)16-21-22(28)6-4-7-23(21)30/h2-11,15H,12-14,16H2,1H3. The molecular formula is C27H22ClF3N2O2S. The van der Waals surface area contributed by atoms with Crippen LogP contribution in [0.1, 0.15) is 23.2 Å². The van der Waals surface area contributed by atoms with Crippen LogP contribution in [0.5, 0.6) is 0 Å². The number of rotatable bonds is 5. The van der Waals surface area contributed by atoms with Gasteiger partial charge in [-0.2, -0.15) is 4.31 Å². The van der Waals surface area contributed by atoms with E-state index in [2.05, 4.69) is 0 Å². The van der Waals surface area contributed by atoms with Crippen molar-refractivity contribution in [1.82, 2.24) is 8.87 Å². The molecule has 36 heavy (non-hydrogen) atoms. The second-order valence-corrected chi connectivity index (χ2v) is 11.0. The first-order valence-corrected chi connectivity index (χ1v) is 13.2. The first-order chi connectivity index (χ1) is 17.2. The van der Waals surface area contributed by atoms with Gasteiger partial charge in [0.05, 0.1) is 6.54 Å². The summed E-state index contributed by atoms with van der Waals surface area (Å²) in [4.78, 5) is -0.672. The topological polar surface area (TPSA) is 42.3 Å². The fourth-order valence-corrected chi connectivity index (χ4v) is 6.47. The van der Waals surface area contributed by atoms with E-state index in [1.807, 2.05) is 35.8 Å². The van der Waals surface area contributed by atoms with E-state index < -0.39 is 26.6 Å². The molecule has 0 saturated heterocycles. The number of hydrogen-bond acceptors (Lipinski definition) is 2. The lowest BCUT2D eigenvalue weighted by molar-refractivity contribution is 0.435. The zero-order valence-electron chi connectivity index (χ0n) is 19.3. The third-order valence-corrected chi connectivity index (χ3v) is 8.85. The maximum atomic E-state index is 14.6.